The van der Waals surface area contributed by atoms with Gasteiger partial charge in [0, 0.05) is 19.6 Å². The maximum atomic E-state index is 11.6. The van der Waals surface area contributed by atoms with Crippen molar-refractivity contribution in [2.24, 2.45) is 11.8 Å². The van der Waals surface area contributed by atoms with Crippen LogP contribution in [0, 0.1) is 11.8 Å². The molecule has 0 bridgehead atoms. The Balaban J connectivity index is 4.07. The molecule has 1 atom stereocenters. The minimum absolute atomic E-state index is 0.349. The second-order valence-electron chi connectivity index (χ2n) is 6.47. The van der Waals surface area contributed by atoms with Gasteiger partial charge in [-0.1, -0.05) is 26.0 Å². The van der Waals surface area contributed by atoms with Crippen LogP contribution in [0.15, 0.2) is 12.2 Å². The highest BCUT2D eigenvalue weighted by Crippen LogP contribution is 2.10. The standard InChI is InChI=1S/C15H30N2O2/c1-11(2)8-16-9-13(12(3)4)10-17-14(18)19-15(5,6)7/h12-13,16H,1,8-10H2,2-7H3,(H,17,18). The highest BCUT2D eigenvalue weighted by atomic mass is 16.6. The van der Waals surface area contributed by atoms with Gasteiger partial charge in [0.25, 0.3) is 0 Å². The molecule has 0 aromatic rings. The van der Waals surface area contributed by atoms with Crippen molar-refractivity contribution in [3.63, 3.8) is 0 Å². The molecule has 19 heavy (non-hydrogen) atoms. The molecule has 0 radical (unpaired) electrons. The van der Waals surface area contributed by atoms with E-state index in [1.54, 1.807) is 0 Å². The van der Waals surface area contributed by atoms with E-state index in [2.05, 4.69) is 31.1 Å². The van der Waals surface area contributed by atoms with Crippen LogP contribution in [0.25, 0.3) is 0 Å². The van der Waals surface area contributed by atoms with Crippen molar-refractivity contribution < 1.29 is 9.53 Å². The summed E-state index contributed by atoms with van der Waals surface area (Å²) in [5.74, 6) is 0.874. The number of hydrogen-bond donors (Lipinski definition) is 2. The van der Waals surface area contributed by atoms with Crippen molar-refractivity contribution in [2.45, 2.75) is 47.1 Å². The summed E-state index contributed by atoms with van der Waals surface area (Å²) >= 11 is 0. The average Bonchev–Trinajstić information content (AvgIpc) is 2.19. The molecule has 112 valence electrons. The molecule has 4 heteroatoms. The molecular weight excluding hydrogens is 240 g/mol. The number of ether oxygens (including phenoxy) is 1. The Hall–Kier alpha value is -1.03. The molecule has 0 spiro atoms. The normalized spacial score (nSPS) is 13.2. The monoisotopic (exact) mass is 270 g/mol. The minimum Gasteiger partial charge on any atom is -0.444 e. The molecule has 1 amide bonds. The summed E-state index contributed by atoms with van der Waals surface area (Å²) < 4.78 is 5.23. The van der Waals surface area contributed by atoms with Gasteiger partial charge in [-0.05, 0) is 39.5 Å². The van der Waals surface area contributed by atoms with E-state index < -0.39 is 5.60 Å². The summed E-state index contributed by atoms with van der Waals surface area (Å²) in [7, 11) is 0. The van der Waals surface area contributed by atoms with E-state index in [1.807, 2.05) is 27.7 Å². The number of hydrogen-bond acceptors (Lipinski definition) is 3. The van der Waals surface area contributed by atoms with Gasteiger partial charge in [0.2, 0.25) is 0 Å². The maximum absolute atomic E-state index is 11.6. The first-order valence-corrected chi connectivity index (χ1v) is 6.93. The van der Waals surface area contributed by atoms with Gasteiger partial charge in [-0.3, -0.25) is 0 Å². The van der Waals surface area contributed by atoms with E-state index in [0.29, 0.717) is 18.4 Å². The zero-order valence-electron chi connectivity index (χ0n) is 13.3. The Morgan fingerprint density at radius 3 is 2.26 bits per heavy atom. The molecule has 1 unspecified atom stereocenters. The predicted molar refractivity (Wildman–Crippen MR) is 80.2 cm³/mol. The fourth-order valence-electron chi connectivity index (χ4n) is 1.54. The van der Waals surface area contributed by atoms with Gasteiger partial charge in [-0.2, -0.15) is 0 Å². The first kappa shape index (κ1) is 18.0. The minimum atomic E-state index is -0.449. The van der Waals surface area contributed by atoms with Crippen molar-refractivity contribution in [3.05, 3.63) is 12.2 Å². The molecule has 0 aromatic carbocycles. The van der Waals surface area contributed by atoms with Crippen LogP contribution >= 0.6 is 0 Å². The third-order valence-corrected chi connectivity index (χ3v) is 2.68. The summed E-state index contributed by atoms with van der Waals surface area (Å²) in [6.45, 7) is 18.1. The van der Waals surface area contributed by atoms with E-state index in [9.17, 15) is 4.79 Å². The molecule has 0 saturated carbocycles. The first-order chi connectivity index (χ1) is 8.61. The Bertz CT molecular complexity index is 293. The smallest absolute Gasteiger partial charge is 0.407 e. The van der Waals surface area contributed by atoms with Crippen molar-refractivity contribution in [1.29, 1.82) is 0 Å². The topological polar surface area (TPSA) is 50.4 Å². The molecule has 0 fully saturated rings. The maximum Gasteiger partial charge on any atom is 0.407 e. The van der Waals surface area contributed by atoms with Crippen LogP contribution in [0.4, 0.5) is 4.79 Å². The summed E-state index contributed by atoms with van der Waals surface area (Å²) in [6.07, 6.45) is -0.349. The molecule has 0 aliphatic heterocycles. The van der Waals surface area contributed by atoms with E-state index in [0.717, 1.165) is 18.7 Å². The van der Waals surface area contributed by atoms with E-state index in [4.69, 9.17) is 4.74 Å². The summed E-state index contributed by atoms with van der Waals surface area (Å²) in [6, 6.07) is 0. The van der Waals surface area contributed by atoms with Gasteiger partial charge in [0.1, 0.15) is 5.60 Å². The van der Waals surface area contributed by atoms with Crippen LogP contribution in [0.3, 0.4) is 0 Å². The van der Waals surface area contributed by atoms with Crippen LogP contribution in [-0.2, 0) is 4.74 Å². The van der Waals surface area contributed by atoms with E-state index in [-0.39, 0.29) is 6.09 Å². The third-order valence-electron chi connectivity index (χ3n) is 2.68. The number of rotatable bonds is 7. The summed E-state index contributed by atoms with van der Waals surface area (Å²) in [5.41, 5.74) is 0.665. The van der Waals surface area contributed by atoms with Crippen LogP contribution in [0.1, 0.15) is 41.5 Å². The molecule has 4 nitrogen and oxygen atoms in total. The lowest BCUT2D eigenvalue weighted by molar-refractivity contribution is 0.0515. The highest BCUT2D eigenvalue weighted by Gasteiger charge is 2.18. The molecule has 0 saturated heterocycles. The quantitative estimate of drug-likeness (QED) is 0.699. The molecular formula is C15H30N2O2. The third kappa shape index (κ3) is 10.6. The molecule has 0 aromatic heterocycles. The van der Waals surface area contributed by atoms with Gasteiger partial charge >= 0.3 is 6.09 Å². The van der Waals surface area contributed by atoms with Crippen LogP contribution in [0.5, 0.6) is 0 Å². The average molecular weight is 270 g/mol. The van der Waals surface area contributed by atoms with Gasteiger partial charge in [0.05, 0.1) is 0 Å². The molecule has 0 heterocycles. The largest absolute Gasteiger partial charge is 0.444 e. The fourth-order valence-corrected chi connectivity index (χ4v) is 1.54. The van der Waals surface area contributed by atoms with Gasteiger partial charge in [0.15, 0.2) is 0 Å². The van der Waals surface area contributed by atoms with E-state index >= 15 is 0 Å². The summed E-state index contributed by atoms with van der Waals surface area (Å²) in [4.78, 5) is 11.6. The Labute approximate surface area is 118 Å². The second kappa shape index (κ2) is 8.20. The lowest BCUT2D eigenvalue weighted by Gasteiger charge is -2.24. The SMILES string of the molecule is C=C(C)CNCC(CNC(=O)OC(C)(C)C)C(C)C. The van der Waals surface area contributed by atoms with Crippen LogP contribution < -0.4 is 10.6 Å². The number of nitrogens with one attached hydrogen (secondary N) is 2. The number of amides is 1. The zero-order valence-corrected chi connectivity index (χ0v) is 13.3. The Morgan fingerprint density at radius 2 is 1.84 bits per heavy atom. The Morgan fingerprint density at radius 1 is 1.26 bits per heavy atom. The fraction of sp³-hybridized carbons (Fsp3) is 0.800. The number of carbonyl (C=O) groups excluding carboxylic acids is 1. The Kier molecular flexibility index (Phi) is 7.76. The molecule has 0 aliphatic carbocycles. The molecule has 2 N–H and O–H groups in total. The van der Waals surface area contributed by atoms with Gasteiger partial charge in [-0.15, -0.1) is 0 Å². The number of carbonyl (C=O) groups is 1. The lowest BCUT2D eigenvalue weighted by Crippen LogP contribution is -2.39. The summed E-state index contributed by atoms with van der Waals surface area (Å²) in [5, 5.41) is 6.18. The molecule has 0 aliphatic rings. The van der Waals surface area contributed by atoms with Gasteiger partial charge in [-0.25, -0.2) is 4.79 Å². The van der Waals surface area contributed by atoms with Crippen molar-refractivity contribution >= 4 is 6.09 Å². The zero-order chi connectivity index (χ0) is 15.1. The second-order valence-corrected chi connectivity index (χ2v) is 6.47. The number of alkyl carbamates (subject to hydrolysis) is 1. The van der Waals surface area contributed by atoms with Crippen molar-refractivity contribution in [1.82, 2.24) is 10.6 Å². The lowest BCUT2D eigenvalue weighted by atomic mass is 9.95. The van der Waals surface area contributed by atoms with Crippen molar-refractivity contribution in [2.75, 3.05) is 19.6 Å². The van der Waals surface area contributed by atoms with Crippen LogP contribution in [-0.4, -0.2) is 31.3 Å². The predicted octanol–water partition coefficient (Wildman–Crippen LogP) is 2.95. The van der Waals surface area contributed by atoms with Gasteiger partial charge < -0.3 is 15.4 Å². The van der Waals surface area contributed by atoms with Crippen LogP contribution in [0.2, 0.25) is 0 Å². The van der Waals surface area contributed by atoms with Crippen molar-refractivity contribution in [3.8, 4) is 0 Å². The highest BCUT2D eigenvalue weighted by molar-refractivity contribution is 5.67. The molecule has 0 rings (SSSR count). The first-order valence-electron chi connectivity index (χ1n) is 6.93. The van der Waals surface area contributed by atoms with E-state index in [1.165, 1.54) is 0 Å².